The number of hydrogen-bond acceptors (Lipinski definition) is 5. The summed E-state index contributed by atoms with van der Waals surface area (Å²) in [5.41, 5.74) is 2.55. The van der Waals surface area contributed by atoms with Crippen molar-refractivity contribution in [3.05, 3.63) is 58.3 Å². The molecule has 0 aliphatic carbocycles. The molecule has 0 aromatic heterocycles. The quantitative estimate of drug-likeness (QED) is 0.527. The van der Waals surface area contributed by atoms with Crippen LogP contribution in [0.5, 0.6) is 5.75 Å². The van der Waals surface area contributed by atoms with E-state index in [1.807, 2.05) is 0 Å². The molecule has 7 nitrogen and oxygen atoms in total. The maximum Gasteiger partial charge on any atom is 0.255 e. The SMILES string of the molecule is CN(CC(=O)N/N=C/c1cc(Br)ccc1O)S(=O)(=O)c1ccc(F)cc1. The van der Waals surface area contributed by atoms with Gasteiger partial charge < -0.3 is 5.11 Å². The molecular weight excluding hydrogens is 429 g/mol. The number of carbonyl (C=O) groups is 1. The molecule has 0 fully saturated rings. The van der Waals surface area contributed by atoms with Crippen LogP contribution >= 0.6 is 15.9 Å². The van der Waals surface area contributed by atoms with Crippen molar-refractivity contribution in [2.45, 2.75) is 4.90 Å². The predicted molar refractivity (Wildman–Crippen MR) is 97.8 cm³/mol. The number of rotatable bonds is 6. The van der Waals surface area contributed by atoms with Crippen LogP contribution in [0.15, 0.2) is 56.9 Å². The fourth-order valence-corrected chi connectivity index (χ4v) is 3.42. The van der Waals surface area contributed by atoms with E-state index in [0.29, 0.717) is 10.0 Å². The molecule has 10 heteroatoms. The predicted octanol–water partition coefficient (Wildman–Crippen LogP) is 2.06. The van der Waals surface area contributed by atoms with Crippen LogP contribution in [0.2, 0.25) is 0 Å². The number of aromatic hydroxyl groups is 1. The number of sulfonamides is 1. The molecule has 0 aliphatic heterocycles. The van der Waals surface area contributed by atoms with Gasteiger partial charge in [0.15, 0.2) is 0 Å². The molecule has 26 heavy (non-hydrogen) atoms. The van der Waals surface area contributed by atoms with Crippen LogP contribution in [-0.2, 0) is 14.8 Å². The summed E-state index contributed by atoms with van der Waals surface area (Å²) in [6.45, 7) is -0.485. The van der Waals surface area contributed by atoms with Gasteiger partial charge in [0.1, 0.15) is 11.6 Å². The minimum absolute atomic E-state index is 0.0257. The fraction of sp³-hybridized carbons (Fsp3) is 0.125. The largest absolute Gasteiger partial charge is 0.507 e. The molecule has 0 saturated heterocycles. The number of benzene rings is 2. The Hall–Kier alpha value is -2.30. The Morgan fingerprint density at radius 2 is 1.96 bits per heavy atom. The van der Waals surface area contributed by atoms with Crippen LogP contribution in [0.25, 0.3) is 0 Å². The Kier molecular flexibility index (Phi) is 6.46. The second-order valence-corrected chi connectivity index (χ2v) is 8.17. The molecule has 2 N–H and O–H groups in total. The Labute approximate surface area is 158 Å². The van der Waals surface area contributed by atoms with Gasteiger partial charge >= 0.3 is 0 Å². The van der Waals surface area contributed by atoms with Crippen LogP contribution in [0.4, 0.5) is 4.39 Å². The first-order chi connectivity index (χ1) is 12.2. The van der Waals surface area contributed by atoms with Gasteiger partial charge in [-0.1, -0.05) is 15.9 Å². The number of halogens is 2. The number of likely N-dealkylation sites (N-methyl/N-ethyl adjacent to an activating group) is 1. The monoisotopic (exact) mass is 443 g/mol. The number of carbonyl (C=O) groups excluding carboxylic acids is 1. The molecule has 2 aromatic rings. The summed E-state index contributed by atoms with van der Waals surface area (Å²) >= 11 is 3.24. The normalized spacial score (nSPS) is 11.8. The maximum absolute atomic E-state index is 12.9. The first-order valence-corrected chi connectivity index (χ1v) is 9.46. The van der Waals surface area contributed by atoms with E-state index in [0.717, 1.165) is 28.6 Å². The van der Waals surface area contributed by atoms with Crippen molar-refractivity contribution in [1.29, 1.82) is 0 Å². The van der Waals surface area contributed by atoms with Crippen molar-refractivity contribution in [3.8, 4) is 5.75 Å². The summed E-state index contributed by atoms with van der Waals surface area (Å²) < 4.78 is 39.1. The zero-order chi connectivity index (χ0) is 19.3. The van der Waals surface area contributed by atoms with E-state index in [-0.39, 0.29) is 10.6 Å². The molecule has 1 amide bonds. The van der Waals surface area contributed by atoms with Gasteiger partial charge in [-0.05, 0) is 42.5 Å². The Bertz CT molecular complexity index is 933. The standard InChI is InChI=1S/C16H15BrFN3O4S/c1-21(26(24,25)14-5-3-13(18)4-6-14)10-16(23)20-19-9-11-8-12(17)2-7-15(11)22/h2-9,22H,10H2,1H3,(H,20,23)/b19-9+. The van der Waals surface area contributed by atoms with E-state index in [9.17, 15) is 22.7 Å². The number of nitrogens with one attached hydrogen (secondary N) is 1. The number of hydrazone groups is 1. The highest BCUT2D eigenvalue weighted by molar-refractivity contribution is 9.10. The van der Waals surface area contributed by atoms with E-state index < -0.39 is 28.3 Å². The average Bonchev–Trinajstić information content (AvgIpc) is 2.58. The molecule has 0 atom stereocenters. The van der Waals surface area contributed by atoms with Crippen molar-refractivity contribution >= 4 is 38.1 Å². The van der Waals surface area contributed by atoms with E-state index >= 15 is 0 Å². The molecule has 0 aliphatic rings. The first-order valence-electron chi connectivity index (χ1n) is 7.22. The summed E-state index contributed by atoms with van der Waals surface area (Å²) in [5.74, 6) is -1.26. The summed E-state index contributed by atoms with van der Waals surface area (Å²) in [7, 11) is -2.71. The molecule has 0 heterocycles. The molecule has 0 saturated carbocycles. The van der Waals surface area contributed by atoms with Gasteiger partial charge in [-0.15, -0.1) is 0 Å². The second-order valence-electron chi connectivity index (χ2n) is 5.21. The fourth-order valence-electron chi connectivity index (χ4n) is 1.91. The van der Waals surface area contributed by atoms with Crippen molar-refractivity contribution in [2.75, 3.05) is 13.6 Å². The van der Waals surface area contributed by atoms with Crippen molar-refractivity contribution in [2.24, 2.45) is 5.10 Å². The van der Waals surface area contributed by atoms with Gasteiger partial charge in [-0.3, -0.25) is 4.79 Å². The Balaban J connectivity index is 1.99. The van der Waals surface area contributed by atoms with Crippen molar-refractivity contribution < 1.29 is 22.7 Å². The number of nitrogens with zero attached hydrogens (tertiary/aromatic N) is 2. The molecule has 0 bridgehead atoms. The second kappa shape index (κ2) is 8.39. The lowest BCUT2D eigenvalue weighted by atomic mass is 10.2. The lowest BCUT2D eigenvalue weighted by Crippen LogP contribution is -2.36. The summed E-state index contributed by atoms with van der Waals surface area (Å²) in [5, 5.41) is 13.3. The molecule has 0 unspecified atom stereocenters. The number of amides is 1. The van der Waals surface area contributed by atoms with E-state index in [4.69, 9.17) is 0 Å². The van der Waals surface area contributed by atoms with Crippen LogP contribution in [0.1, 0.15) is 5.56 Å². The van der Waals surface area contributed by atoms with Gasteiger partial charge in [0.25, 0.3) is 5.91 Å². The minimum atomic E-state index is -3.93. The third-order valence-corrected chi connectivity index (χ3v) is 5.58. The van der Waals surface area contributed by atoms with E-state index in [1.165, 1.54) is 19.3 Å². The lowest BCUT2D eigenvalue weighted by Gasteiger charge is -2.16. The first kappa shape index (κ1) is 20.0. The lowest BCUT2D eigenvalue weighted by molar-refractivity contribution is -0.121. The van der Waals surface area contributed by atoms with Gasteiger partial charge in [-0.25, -0.2) is 18.2 Å². The molecule has 2 rings (SSSR count). The van der Waals surface area contributed by atoms with Crippen molar-refractivity contribution in [1.82, 2.24) is 9.73 Å². The van der Waals surface area contributed by atoms with Crippen LogP contribution < -0.4 is 5.43 Å². The molecular formula is C16H15BrFN3O4S. The zero-order valence-corrected chi connectivity index (χ0v) is 16.0. The minimum Gasteiger partial charge on any atom is -0.507 e. The summed E-state index contributed by atoms with van der Waals surface area (Å²) in [6.07, 6.45) is 1.23. The summed E-state index contributed by atoms with van der Waals surface area (Å²) in [4.78, 5) is 11.7. The van der Waals surface area contributed by atoms with Crippen molar-refractivity contribution in [3.63, 3.8) is 0 Å². The number of hydrogen-bond donors (Lipinski definition) is 2. The highest BCUT2D eigenvalue weighted by Gasteiger charge is 2.22. The average molecular weight is 444 g/mol. The zero-order valence-electron chi connectivity index (χ0n) is 13.6. The van der Waals surface area contributed by atoms with Gasteiger partial charge in [0, 0.05) is 17.1 Å². The topological polar surface area (TPSA) is 99.1 Å². The van der Waals surface area contributed by atoms with E-state index in [1.54, 1.807) is 12.1 Å². The van der Waals surface area contributed by atoms with Crippen LogP contribution in [0, 0.1) is 5.82 Å². The Morgan fingerprint density at radius 3 is 2.62 bits per heavy atom. The molecule has 138 valence electrons. The number of phenolic OH excluding ortho intramolecular Hbond substituents is 1. The number of phenols is 1. The highest BCUT2D eigenvalue weighted by atomic mass is 79.9. The smallest absolute Gasteiger partial charge is 0.255 e. The highest BCUT2D eigenvalue weighted by Crippen LogP contribution is 2.20. The summed E-state index contributed by atoms with van der Waals surface area (Å²) in [6, 6.07) is 8.97. The molecule has 0 radical (unpaired) electrons. The molecule has 0 spiro atoms. The third-order valence-electron chi connectivity index (χ3n) is 3.27. The van der Waals surface area contributed by atoms with E-state index in [2.05, 4.69) is 26.5 Å². The molecule has 2 aromatic carbocycles. The van der Waals surface area contributed by atoms with Crippen LogP contribution in [-0.4, -0.2) is 43.5 Å². The van der Waals surface area contributed by atoms with Gasteiger partial charge in [0.2, 0.25) is 10.0 Å². The Morgan fingerprint density at radius 1 is 1.31 bits per heavy atom. The third kappa shape index (κ3) is 5.10. The van der Waals surface area contributed by atoms with Gasteiger partial charge in [0.05, 0.1) is 17.7 Å². The van der Waals surface area contributed by atoms with Crippen LogP contribution in [0.3, 0.4) is 0 Å². The maximum atomic E-state index is 12.9. The van der Waals surface area contributed by atoms with Gasteiger partial charge in [-0.2, -0.15) is 9.41 Å².